The summed E-state index contributed by atoms with van der Waals surface area (Å²) in [6.45, 7) is 7.84. The number of carbonyl (C=O) groups is 1. The summed E-state index contributed by atoms with van der Waals surface area (Å²) in [6, 6.07) is 5.19. The second-order valence-corrected chi connectivity index (χ2v) is 7.41. The van der Waals surface area contributed by atoms with E-state index in [0.717, 1.165) is 24.6 Å². The lowest BCUT2D eigenvalue weighted by atomic mass is 10.1. The van der Waals surface area contributed by atoms with Gasteiger partial charge in [-0.05, 0) is 51.9 Å². The Kier molecular flexibility index (Phi) is 7.00. The van der Waals surface area contributed by atoms with E-state index in [1.807, 2.05) is 13.8 Å². The molecule has 1 aliphatic heterocycles. The van der Waals surface area contributed by atoms with Crippen molar-refractivity contribution in [3.8, 4) is 11.5 Å². The molecule has 2 aromatic rings. The van der Waals surface area contributed by atoms with Crippen LogP contribution < -0.4 is 14.8 Å². The number of aromatic nitrogens is 2. The number of amides is 1. The number of anilines is 1. The van der Waals surface area contributed by atoms with Gasteiger partial charge in [-0.3, -0.25) is 15.0 Å². The third kappa shape index (κ3) is 5.64. The zero-order valence-electron chi connectivity index (χ0n) is 15.9. The Morgan fingerprint density at radius 1 is 1.07 bits per heavy atom. The van der Waals surface area contributed by atoms with Gasteiger partial charge in [0.25, 0.3) is 5.91 Å². The molecular formula is C19H26N4O3S. The fraction of sp³-hybridized carbons (Fsp3) is 0.526. The van der Waals surface area contributed by atoms with Gasteiger partial charge in [0.05, 0.1) is 19.8 Å². The van der Waals surface area contributed by atoms with Gasteiger partial charge in [0.1, 0.15) is 16.5 Å². The van der Waals surface area contributed by atoms with Crippen LogP contribution in [0.15, 0.2) is 18.2 Å². The van der Waals surface area contributed by atoms with Gasteiger partial charge in [0, 0.05) is 11.6 Å². The lowest BCUT2D eigenvalue weighted by molar-refractivity contribution is 0.102. The average Bonchev–Trinajstić information content (AvgIpc) is 3.09. The van der Waals surface area contributed by atoms with E-state index < -0.39 is 0 Å². The van der Waals surface area contributed by atoms with Crippen LogP contribution in [0.25, 0.3) is 0 Å². The van der Waals surface area contributed by atoms with E-state index in [1.165, 1.54) is 30.6 Å². The monoisotopic (exact) mass is 390 g/mol. The third-order valence-electron chi connectivity index (χ3n) is 4.26. The predicted octanol–water partition coefficient (Wildman–Crippen LogP) is 3.57. The molecule has 0 saturated carbocycles. The number of benzene rings is 1. The quantitative estimate of drug-likeness (QED) is 0.742. The number of nitrogens with zero attached hydrogens (tertiary/aromatic N) is 3. The molecule has 1 N–H and O–H groups in total. The van der Waals surface area contributed by atoms with Gasteiger partial charge in [-0.25, -0.2) is 0 Å². The first-order valence-corrected chi connectivity index (χ1v) is 10.3. The fourth-order valence-corrected chi connectivity index (χ4v) is 3.83. The highest BCUT2D eigenvalue weighted by atomic mass is 32.1. The van der Waals surface area contributed by atoms with Gasteiger partial charge < -0.3 is 9.47 Å². The van der Waals surface area contributed by atoms with E-state index >= 15 is 0 Å². The first-order chi connectivity index (χ1) is 13.2. The number of rotatable bonds is 8. The predicted molar refractivity (Wildman–Crippen MR) is 106 cm³/mol. The summed E-state index contributed by atoms with van der Waals surface area (Å²) in [7, 11) is 0. The Balaban J connectivity index is 1.66. The summed E-state index contributed by atoms with van der Waals surface area (Å²) >= 11 is 1.42. The lowest BCUT2D eigenvalue weighted by Gasteiger charge is -2.24. The van der Waals surface area contributed by atoms with E-state index in [9.17, 15) is 4.79 Å². The molecule has 3 rings (SSSR count). The molecule has 7 nitrogen and oxygen atoms in total. The van der Waals surface area contributed by atoms with E-state index in [0.29, 0.717) is 35.4 Å². The SMILES string of the molecule is CCOc1cc(OCC)cc(C(=O)Nc2nnc(CN3CCCCC3)s2)c1. The second kappa shape index (κ2) is 9.66. The van der Waals surface area contributed by atoms with Gasteiger partial charge in [0.15, 0.2) is 0 Å². The minimum absolute atomic E-state index is 0.252. The molecule has 8 heteroatoms. The smallest absolute Gasteiger partial charge is 0.257 e. The highest BCUT2D eigenvalue weighted by Crippen LogP contribution is 2.25. The largest absolute Gasteiger partial charge is 0.494 e. The Labute approximate surface area is 163 Å². The minimum atomic E-state index is -0.252. The molecule has 2 heterocycles. The van der Waals surface area contributed by atoms with Crippen LogP contribution in [0.1, 0.15) is 48.5 Å². The molecule has 1 aromatic heterocycles. The van der Waals surface area contributed by atoms with Gasteiger partial charge in [-0.15, -0.1) is 10.2 Å². The van der Waals surface area contributed by atoms with Gasteiger partial charge in [0.2, 0.25) is 5.13 Å². The fourth-order valence-electron chi connectivity index (χ4n) is 3.05. The van der Waals surface area contributed by atoms with Crippen molar-refractivity contribution in [2.75, 3.05) is 31.6 Å². The molecule has 0 aliphatic carbocycles. The number of hydrogen-bond donors (Lipinski definition) is 1. The minimum Gasteiger partial charge on any atom is -0.494 e. The van der Waals surface area contributed by atoms with E-state index in [1.54, 1.807) is 18.2 Å². The molecular weight excluding hydrogens is 364 g/mol. The standard InChI is InChI=1S/C19H26N4O3S/c1-3-25-15-10-14(11-16(12-15)26-4-2)18(24)20-19-22-21-17(27-19)13-23-8-6-5-7-9-23/h10-12H,3-9,13H2,1-2H3,(H,20,22,24). The first-order valence-electron chi connectivity index (χ1n) is 9.44. The summed E-state index contributed by atoms with van der Waals surface area (Å²) in [5.74, 6) is 0.964. The molecule has 146 valence electrons. The summed E-state index contributed by atoms with van der Waals surface area (Å²) in [4.78, 5) is 15.0. The molecule has 1 saturated heterocycles. The van der Waals surface area contributed by atoms with Crippen LogP contribution in [-0.2, 0) is 6.54 Å². The Morgan fingerprint density at radius 3 is 2.37 bits per heavy atom. The number of ether oxygens (including phenoxy) is 2. The van der Waals surface area contributed by atoms with Crippen LogP contribution in [0.4, 0.5) is 5.13 Å². The number of piperidine rings is 1. The zero-order valence-corrected chi connectivity index (χ0v) is 16.7. The maximum Gasteiger partial charge on any atom is 0.257 e. The third-order valence-corrected chi connectivity index (χ3v) is 5.08. The molecule has 1 fully saturated rings. The van der Waals surface area contributed by atoms with E-state index in [-0.39, 0.29) is 5.91 Å². The van der Waals surface area contributed by atoms with Crippen molar-refractivity contribution in [2.24, 2.45) is 0 Å². The molecule has 0 spiro atoms. The average molecular weight is 391 g/mol. The van der Waals surface area contributed by atoms with Crippen molar-refractivity contribution in [1.82, 2.24) is 15.1 Å². The first kappa shape index (κ1) is 19.6. The molecule has 1 aromatic carbocycles. The molecule has 1 aliphatic rings. The van der Waals surface area contributed by atoms with Crippen LogP contribution in [0.2, 0.25) is 0 Å². The number of nitrogens with one attached hydrogen (secondary N) is 1. The van der Waals surface area contributed by atoms with Crippen molar-refractivity contribution in [3.05, 3.63) is 28.8 Å². The summed E-state index contributed by atoms with van der Waals surface area (Å²) in [5.41, 5.74) is 0.470. The van der Waals surface area contributed by atoms with Crippen molar-refractivity contribution >= 4 is 22.4 Å². The van der Waals surface area contributed by atoms with Gasteiger partial charge in [-0.2, -0.15) is 0 Å². The number of likely N-dealkylation sites (tertiary alicyclic amines) is 1. The topological polar surface area (TPSA) is 76.6 Å². The van der Waals surface area contributed by atoms with Crippen molar-refractivity contribution in [2.45, 2.75) is 39.7 Å². The lowest BCUT2D eigenvalue weighted by Crippen LogP contribution is -2.28. The van der Waals surface area contributed by atoms with Crippen molar-refractivity contribution in [3.63, 3.8) is 0 Å². The van der Waals surface area contributed by atoms with Crippen molar-refractivity contribution in [1.29, 1.82) is 0 Å². The maximum absolute atomic E-state index is 12.6. The van der Waals surface area contributed by atoms with Crippen LogP contribution in [0, 0.1) is 0 Å². The van der Waals surface area contributed by atoms with Crippen LogP contribution in [-0.4, -0.2) is 47.3 Å². The van der Waals surface area contributed by atoms with Crippen LogP contribution in [0.5, 0.6) is 11.5 Å². The van der Waals surface area contributed by atoms with Crippen LogP contribution in [0.3, 0.4) is 0 Å². The van der Waals surface area contributed by atoms with Crippen molar-refractivity contribution < 1.29 is 14.3 Å². The number of carbonyl (C=O) groups excluding carboxylic acids is 1. The Morgan fingerprint density at radius 2 is 1.74 bits per heavy atom. The molecule has 0 atom stereocenters. The summed E-state index contributed by atoms with van der Waals surface area (Å²) in [6.07, 6.45) is 3.78. The van der Waals surface area contributed by atoms with E-state index in [2.05, 4.69) is 20.4 Å². The normalized spacial score (nSPS) is 14.7. The zero-order chi connectivity index (χ0) is 19.1. The molecule has 27 heavy (non-hydrogen) atoms. The highest BCUT2D eigenvalue weighted by Gasteiger charge is 2.16. The second-order valence-electron chi connectivity index (χ2n) is 6.35. The number of hydrogen-bond acceptors (Lipinski definition) is 7. The summed E-state index contributed by atoms with van der Waals surface area (Å²) < 4.78 is 11.1. The Bertz CT molecular complexity index is 735. The van der Waals surface area contributed by atoms with Gasteiger partial charge in [-0.1, -0.05) is 17.8 Å². The maximum atomic E-state index is 12.6. The highest BCUT2D eigenvalue weighted by molar-refractivity contribution is 7.15. The molecule has 0 bridgehead atoms. The molecule has 0 radical (unpaired) electrons. The Hall–Kier alpha value is -2.19. The van der Waals surface area contributed by atoms with Gasteiger partial charge >= 0.3 is 0 Å². The summed E-state index contributed by atoms with van der Waals surface area (Å²) in [5, 5.41) is 12.6. The molecule has 0 unspecified atom stereocenters. The van der Waals surface area contributed by atoms with E-state index in [4.69, 9.17) is 9.47 Å². The van der Waals surface area contributed by atoms with Crippen LogP contribution >= 0.6 is 11.3 Å². The molecule has 1 amide bonds.